The second-order valence-electron chi connectivity index (χ2n) is 3.91. The SMILES string of the molecule is CC1=C2SCCN=C2c2ccccc2C1=O. The molecule has 0 saturated heterocycles. The Labute approximate surface area is 98.5 Å². The van der Waals surface area contributed by atoms with Gasteiger partial charge in [-0.05, 0) is 6.92 Å². The van der Waals surface area contributed by atoms with E-state index in [1.54, 1.807) is 11.8 Å². The zero-order chi connectivity index (χ0) is 11.1. The maximum Gasteiger partial charge on any atom is 0.190 e. The van der Waals surface area contributed by atoms with E-state index in [2.05, 4.69) is 4.99 Å². The summed E-state index contributed by atoms with van der Waals surface area (Å²) in [6, 6.07) is 7.75. The summed E-state index contributed by atoms with van der Waals surface area (Å²) in [6.45, 7) is 2.75. The minimum atomic E-state index is 0.152. The predicted octanol–water partition coefficient (Wildman–Crippen LogP) is 2.69. The molecule has 2 nitrogen and oxygen atoms in total. The Morgan fingerprint density at radius 3 is 2.81 bits per heavy atom. The molecule has 3 rings (SSSR count). The molecule has 3 heteroatoms. The molecule has 0 unspecified atom stereocenters. The molecule has 1 aliphatic carbocycles. The van der Waals surface area contributed by atoms with E-state index in [9.17, 15) is 4.79 Å². The number of benzene rings is 1. The summed E-state index contributed by atoms with van der Waals surface area (Å²) >= 11 is 1.75. The lowest BCUT2D eigenvalue weighted by Crippen LogP contribution is -2.23. The number of carbonyl (C=O) groups excluding carboxylic acids is 1. The summed E-state index contributed by atoms with van der Waals surface area (Å²) in [5.41, 5.74) is 3.66. The van der Waals surface area contributed by atoms with Gasteiger partial charge in [-0.15, -0.1) is 11.8 Å². The van der Waals surface area contributed by atoms with Crippen molar-refractivity contribution in [3.8, 4) is 0 Å². The summed E-state index contributed by atoms with van der Waals surface area (Å²) in [6.07, 6.45) is 0. The first-order chi connectivity index (χ1) is 7.79. The highest BCUT2D eigenvalue weighted by Gasteiger charge is 2.29. The van der Waals surface area contributed by atoms with Crippen molar-refractivity contribution >= 4 is 23.3 Å². The van der Waals surface area contributed by atoms with Crippen molar-refractivity contribution in [1.29, 1.82) is 0 Å². The summed E-state index contributed by atoms with van der Waals surface area (Å²) < 4.78 is 0. The molecule has 2 aliphatic rings. The van der Waals surface area contributed by atoms with Crippen LogP contribution in [0.5, 0.6) is 0 Å². The van der Waals surface area contributed by atoms with E-state index in [1.807, 2.05) is 31.2 Å². The van der Waals surface area contributed by atoms with Crippen LogP contribution in [0, 0.1) is 0 Å². The van der Waals surface area contributed by atoms with Crippen LogP contribution in [0.1, 0.15) is 22.8 Å². The Morgan fingerprint density at radius 2 is 2.00 bits per heavy atom. The number of fused-ring (bicyclic) bond motifs is 3. The number of ketones is 1. The third-order valence-electron chi connectivity index (χ3n) is 2.93. The van der Waals surface area contributed by atoms with E-state index in [0.29, 0.717) is 0 Å². The number of hydrogen-bond donors (Lipinski definition) is 0. The predicted molar refractivity (Wildman–Crippen MR) is 67.3 cm³/mol. The van der Waals surface area contributed by atoms with Gasteiger partial charge in [0.1, 0.15) is 0 Å². The van der Waals surface area contributed by atoms with Crippen molar-refractivity contribution in [1.82, 2.24) is 0 Å². The molecule has 0 bridgehead atoms. The van der Waals surface area contributed by atoms with Crippen LogP contribution in [-0.4, -0.2) is 23.8 Å². The number of rotatable bonds is 0. The van der Waals surface area contributed by atoms with Gasteiger partial charge in [-0.1, -0.05) is 24.3 Å². The lowest BCUT2D eigenvalue weighted by atomic mass is 9.89. The fourth-order valence-electron chi connectivity index (χ4n) is 2.13. The number of nitrogens with zero attached hydrogens (tertiary/aromatic N) is 1. The molecule has 0 fully saturated rings. The number of hydrogen-bond acceptors (Lipinski definition) is 3. The molecule has 1 aromatic rings. The third kappa shape index (κ3) is 1.28. The number of Topliss-reactive ketones (excluding diaryl/α,β-unsaturated/α-hetero) is 1. The second kappa shape index (κ2) is 3.59. The highest BCUT2D eigenvalue weighted by atomic mass is 32.2. The highest BCUT2D eigenvalue weighted by molar-refractivity contribution is 8.04. The quantitative estimate of drug-likeness (QED) is 0.684. The molecule has 1 aliphatic heterocycles. The van der Waals surface area contributed by atoms with E-state index in [4.69, 9.17) is 0 Å². The first-order valence-corrected chi connectivity index (χ1v) is 6.30. The average Bonchev–Trinajstić information content (AvgIpc) is 2.36. The van der Waals surface area contributed by atoms with Gasteiger partial charge in [0.15, 0.2) is 5.78 Å². The Bertz CT molecular complexity index is 543. The van der Waals surface area contributed by atoms with Crippen LogP contribution in [0.4, 0.5) is 0 Å². The highest BCUT2D eigenvalue weighted by Crippen LogP contribution is 2.35. The van der Waals surface area contributed by atoms with Crippen molar-refractivity contribution in [2.24, 2.45) is 4.99 Å². The molecule has 0 amide bonds. The van der Waals surface area contributed by atoms with Crippen LogP contribution in [0.2, 0.25) is 0 Å². The molecule has 1 aromatic carbocycles. The number of allylic oxidation sites excluding steroid dienone is 2. The zero-order valence-corrected chi connectivity index (χ0v) is 9.80. The van der Waals surface area contributed by atoms with Crippen LogP contribution in [0.15, 0.2) is 39.7 Å². The van der Waals surface area contributed by atoms with Gasteiger partial charge in [-0.3, -0.25) is 9.79 Å². The van der Waals surface area contributed by atoms with Gasteiger partial charge >= 0.3 is 0 Å². The maximum absolute atomic E-state index is 12.1. The molecule has 0 aromatic heterocycles. The first-order valence-electron chi connectivity index (χ1n) is 5.31. The normalized spacial score (nSPS) is 19.1. The number of carbonyl (C=O) groups is 1. The molecule has 0 saturated carbocycles. The molecule has 0 radical (unpaired) electrons. The molecular weight excluding hydrogens is 218 g/mol. The Balaban J connectivity index is 2.30. The van der Waals surface area contributed by atoms with Crippen LogP contribution in [0.3, 0.4) is 0 Å². The van der Waals surface area contributed by atoms with Crippen LogP contribution >= 0.6 is 11.8 Å². The van der Waals surface area contributed by atoms with Crippen molar-refractivity contribution < 1.29 is 4.79 Å². The van der Waals surface area contributed by atoms with E-state index >= 15 is 0 Å². The summed E-state index contributed by atoms with van der Waals surface area (Å²) in [5, 5.41) is 0. The largest absolute Gasteiger partial charge is 0.289 e. The van der Waals surface area contributed by atoms with Crippen molar-refractivity contribution in [2.45, 2.75) is 6.92 Å². The standard InChI is InChI=1S/C13H11NOS/c1-8-12(15)10-5-3-2-4-9(10)11-13(8)16-7-6-14-11/h2-5H,6-7H2,1H3. The van der Waals surface area contributed by atoms with Crippen molar-refractivity contribution in [3.05, 3.63) is 45.9 Å². The Hall–Kier alpha value is -1.35. The molecule has 0 N–H and O–H groups in total. The van der Waals surface area contributed by atoms with Gasteiger partial charge in [-0.25, -0.2) is 0 Å². The van der Waals surface area contributed by atoms with Crippen molar-refractivity contribution in [3.63, 3.8) is 0 Å². The molecule has 0 spiro atoms. The van der Waals surface area contributed by atoms with E-state index in [1.165, 1.54) is 0 Å². The smallest absolute Gasteiger partial charge is 0.190 e. The van der Waals surface area contributed by atoms with Gasteiger partial charge < -0.3 is 0 Å². The van der Waals surface area contributed by atoms with E-state index in [0.717, 1.165) is 39.6 Å². The van der Waals surface area contributed by atoms with Crippen LogP contribution < -0.4 is 0 Å². The minimum absolute atomic E-state index is 0.152. The van der Waals surface area contributed by atoms with Crippen LogP contribution in [-0.2, 0) is 0 Å². The van der Waals surface area contributed by atoms with Crippen LogP contribution in [0.25, 0.3) is 0 Å². The number of aliphatic imine (C=N–C) groups is 1. The molecule has 1 heterocycles. The monoisotopic (exact) mass is 229 g/mol. The lowest BCUT2D eigenvalue weighted by molar-refractivity contribution is 0.103. The Kier molecular flexibility index (Phi) is 2.21. The fourth-order valence-corrected chi connectivity index (χ4v) is 3.14. The maximum atomic E-state index is 12.1. The molecular formula is C13H11NOS. The van der Waals surface area contributed by atoms with Crippen molar-refractivity contribution in [2.75, 3.05) is 12.3 Å². The van der Waals surface area contributed by atoms with Gasteiger partial charge in [0.05, 0.1) is 5.71 Å². The van der Waals surface area contributed by atoms with E-state index in [-0.39, 0.29) is 5.78 Å². The third-order valence-corrected chi connectivity index (χ3v) is 4.11. The summed E-state index contributed by atoms with van der Waals surface area (Å²) in [5.74, 6) is 1.13. The first kappa shape index (κ1) is 9.85. The lowest BCUT2D eigenvalue weighted by Gasteiger charge is -2.24. The van der Waals surface area contributed by atoms with Gasteiger partial charge in [0.25, 0.3) is 0 Å². The Morgan fingerprint density at radius 1 is 1.25 bits per heavy atom. The topological polar surface area (TPSA) is 29.4 Å². The zero-order valence-electron chi connectivity index (χ0n) is 8.99. The number of thioether (sulfide) groups is 1. The molecule has 0 atom stereocenters. The van der Waals surface area contributed by atoms with Gasteiger partial charge in [-0.2, -0.15) is 0 Å². The summed E-state index contributed by atoms with van der Waals surface area (Å²) in [4.78, 5) is 17.8. The molecule has 80 valence electrons. The van der Waals surface area contributed by atoms with Gasteiger partial charge in [0, 0.05) is 33.9 Å². The van der Waals surface area contributed by atoms with E-state index < -0.39 is 0 Å². The van der Waals surface area contributed by atoms with Gasteiger partial charge in [0.2, 0.25) is 0 Å². The summed E-state index contributed by atoms with van der Waals surface area (Å²) in [7, 11) is 0. The molecule has 16 heavy (non-hydrogen) atoms. The second-order valence-corrected chi connectivity index (χ2v) is 5.01. The fraction of sp³-hybridized carbons (Fsp3) is 0.231. The minimum Gasteiger partial charge on any atom is -0.289 e. The average molecular weight is 229 g/mol.